The molecule has 0 fully saturated rings. The van der Waals surface area contributed by atoms with Crippen molar-refractivity contribution in [3.05, 3.63) is 83.5 Å². The quantitative estimate of drug-likeness (QED) is 0.281. The summed E-state index contributed by atoms with van der Waals surface area (Å²) in [6.07, 6.45) is 0. The van der Waals surface area contributed by atoms with Gasteiger partial charge in [0.25, 0.3) is 5.91 Å². The summed E-state index contributed by atoms with van der Waals surface area (Å²) in [5, 5.41) is 6.40. The van der Waals surface area contributed by atoms with Gasteiger partial charge in [0.1, 0.15) is 17.2 Å². The van der Waals surface area contributed by atoms with E-state index >= 15 is 0 Å². The molecule has 0 saturated carbocycles. The van der Waals surface area contributed by atoms with Gasteiger partial charge in [-0.25, -0.2) is 4.68 Å². The Morgan fingerprint density at radius 3 is 2.30 bits per heavy atom. The molecule has 0 unspecified atom stereocenters. The van der Waals surface area contributed by atoms with Crippen molar-refractivity contribution >= 4 is 51.6 Å². The molecule has 0 atom stereocenters. The van der Waals surface area contributed by atoms with Crippen LogP contribution in [0.3, 0.4) is 0 Å². The van der Waals surface area contributed by atoms with E-state index < -0.39 is 17.7 Å². The molecule has 0 saturated heterocycles. The highest BCUT2D eigenvalue weighted by atomic mass is 35.5. The van der Waals surface area contributed by atoms with Crippen LogP contribution in [0.2, 0.25) is 5.02 Å². The van der Waals surface area contributed by atoms with E-state index in [9.17, 15) is 14.4 Å². The molecular weight excluding hydrogens is 496 g/mol. The molecule has 3 aromatic carbocycles. The van der Waals surface area contributed by atoms with Crippen LogP contribution in [-0.2, 0) is 9.59 Å². The number of carbonyl (C=O) groups is 3. The molecule has 1 aromatic heterocycles. The normalized spacial score (nSPS) is 10.6. The first-order valence-corrected chi connectivity index (χ1v) is 12.0. The third-order valence-electron chi connectivity index (χ3n) is 5.27. The SMILES string of the molecule is CCOc1ccc(NC(=O)c2cc3cc(Cl)ccc3n2NC(=O)C(=O)Nc2ccccc2OCC)cc1. The van der Waals surface area contributed by atoms with E-state index in [1.165, 1.54) is 4.68 Å². The zero-order valence-corrected chi connectivity index (χ0v) is 21.0. The molecular formula is C27H25ClN4O5. The van der Waals surface area contributed by atoms with Crippen molar-refractivity contribution < 1.29 is 23.9 Å². The number of benzene rings is 3. The zero-order valence-electron chi connectivity index (χ0n) is 20.2. The van der Waals surface area contributed by atoms with Gasteiger partial charge in [0.2, 0.25) is 0 Å². The Hall–Kier alpha value is -4.50. The lowest BCUT2D eigenvalue weighted by Gasteiger charge is -2.14. The van der Waals surface area contributed by atoms with Gasteiger partial charge in [-0.05, 0) is 74.5 Å². The molecule has 0 aliphatic carbocycles. The van der Waals surface area contributed by atoms with Crippen LogP contribution in [0.1, 0.15) is 24.3 Å². The summed E-state index contributed by atoms with van der Waals surface area (Å²) in [7, 11) is 0. The highest BCUT2D eigenvalue weighted by Crippen LogP contribution is 2.25. The number of amides is 3. The minimum atomic E-state index is -0.978. The first-order valence-electron chi connectivity index (χ1n) is 11.6. The van der Waals surface area contributed by atoms with Crippen LogP contribution < -0.4 is 25.5 Å². The third-order valence-corrected chi connectivity index (χ3v) is 5.51. The fourth-order valence-electron chi connectivity index (χ4n) is 3.65. The Labute approximate surface area is 218 Å². The van der Waals surface area contributed by atoms with Crippen LogP contribution in [0, 0.1) is 0 Å². The average molecular weight is 521 g/mol. The van der Waals surface area contributed by atoms with Crippen LogP contribution in [-0.4, -0.2) is 35.6 Å². The molecule has 0 spiro atoms. The van der Waals surface area contributed by atoms with E-state index in [2.05, 4.69) is 16.1 Å². The first-order chi connectivity index (χ1) is 17.9. The number of halogens is 1. The second-order valence-electron chi connectivity index (χ2n) is 7.80. The van der Waals surface area contributed by atoms with Crippen molar-refractivity contribution in [2.75, 3.05) is 29.3 Å². The van der Waals surface area contributed by atoms with Crippen LogP contribution in [0.4, 0.5) is 11.4 Å². The van der Waals surface area contributed by atoms with E-state index in [-0.39, 0.29) is 5.69 Å². The van der Waals surface area contributed by atoms with Crippen molar-refractivity contribution in [3.8, 4) is 11.5 Å². The van der Waals surface area contributed by atoms with Gasteiger partial charge in [-0.3, -0.25) is 19.8 Å². The molecule has 0 bridgehead atoms. The molecule has 9 nitrogen and oxygen atoms in total. The number of ether oxygens (including phenoxy) is 2. The maximum atomic E-state index is 13.2. The Bertz CT molecular complexity index is 1450. The van der Waals surface area contributed by atoms with Crippen LogP contribution in [0.5, 0.6) is 11.5 Å². The number of fused-ring (bicyclic) bond motifs is 1. The predicted octanol–water partition coefficient (Wildman–Crippen LogP) is 5.05. The fraction of sp³-hybridized carbons (Fsp3) is 0.148. The van der Waals surface area contributed by atoms with Crippen LogP contribution >= 0.6 is 11.6 Å². The Morgan fingerprint density at radius 1 is 0.838 bits per heavy atom. The smallest absolute Gasteiger partial charge is 0.328 e. The minimum absolute atomic E-state index is 0.0991. The first kappa shape index (κ1) is 25.6. The maximum Gasteiger partial charge on any atom is 0.328 e. The molecule has 3 amide bonds. The number of rotatable bonds is 8. The highest BCUT2D eigenvalue weighted by Gasteiger charge is 2.22. The molecule has 0 aliphatic heterocycles. The van der Waals surface area contributed by atoms with E-state index in [4.69, 9.17) is 21.1 Å². The van der Waals surface area contributed by atoms with Gasteiger partial charge in [-0.1, -0.05) is 23.7 Å². The summed E-state index contributed by atoms with van der Waals surface area (Å²) < 4.78 is 12.2. The molecule has 190 valence electrons. The lowest BCUT2D eigenvalue weighted by Crippen LogP contribution is -2.36. The molecule has 3 N–H and O–H groups in total. The van der Waals surface area contributed by atoms with Gasteiger partial charge in [0, 0.05) is 16.1 Å². The summed E-state index contributed by atoms with van der Waals surface area (Å²) >= 11 is 6.13. The Kier molecular flexibility index (Phi) is 7.95. The van der Waals surface area contributed by atoms with Gasteiger partial charge in [0.05, 0.1) is 24.4 Å². The number of nitrogens with zero attached hydrogens (tertiary/aromatic N) is 1. The molecule has 4 aromatic rings. The number of carbonyl (C=O) groups excluding carboxylic acids is 3. The largest absolute Gasteiger partial charge is 0.494 e. The van der Waals surface area contributed by atoms with E-state index in [0.717, 1.165) is 0 Å². The van der Waals surface area contributed by atoms with Crippen LogP contribution in [0.15, 0.2) is 72.8 Å². The number of hydrogen-bond donors (Lipinski definition) is 3. The molecule has 4 rings (SSSR count). The number of hydrogen-bond acceptors (Lipinski definition) is 5. The number of nitrogens with one attached hydrogen (secondary N) is 3. The summed E-state index contributed by atoms with van der Waals surface area (Å²) in [6.45, 7) is 4.62. The monoisotopic (exact) mass is 520 g/mol. The number of aromatic nitrogens is 1. The van der Waals surface area contributed by atoms with Crippen molar-refractivity contribution in [2.24, 2.45) is 0 Å². The van der Waals surface area contributed by atoms with Gasteiger partial charge in [0.15, 0.2) is 0 Å². The fourth-order valence-corrected chi connectivity index (χ4v) is 3.83. The van der Waals surface area contributed by atoms with Gasteiger partial charge < -0.3 is 20.1 Å². The van der Waals surface area contributed by atoms with Crippen LogP contribution in [0.25, 0.3) is 10.9 Å². The second kappa shape index (κ2) is 11.5. The molecule has 37 heavy (non-hydrogen) atoms. The van der Waals surface area contributed by atoms with E-state index in [0.29, 0.717) is 52.0 Å². The molecule has 1 heterocycles. The van der Waals surface area contributed by atoms with Gasteiger partial charge in [-0.15, -0.1) is 0 Å². The summed E-state index contributed by atoms with van der Waals surface area (Å²) in [6, 6.07) is 20.2. The molecule has 0 radical (unpaired) electrons. The van der Waals surface area contributed by atoms with E-state index in [1.807, 2.05) is 13.8 Å². The van der Waals surface area contributed by atoms with Gasteiger partial charge >= 0.3 is 11.8 Å². The maximum absolute atomic E-state index is 13.2. The zero-order chi connectivity index (χ0) is 26.4. The lowest BCUT2D eigenvalue weighted by molar-refractivity contribution is -0.133. The lowest BCUT2D eigenvalue weighted by atomic mass is 10.2. The number of anilines is 2. The number of para-hydroxylation sites is 2. The van der Waals surface area contributed by atoms with Crippen molar-refractivity contribution in [1.82, 2.24) is 4.68 Å². The third kappa shape index (κ3) is 6.02. The Morgan fingerprint density at radius 2 is 1.57 bits per heavy atom. The van der Waals surface area contributed by atoms with E-state index in [1.54, 1.807) is 72.8 Å². The summed E-state index contributed by atoms with van der Waals surface area (Å²) in [5.41, 5.74) is 3.98. The Balaban J connectivity index is 1.58. The van der Waals surface area contributed by atoms with Crippen molar-refractivity contribution in [2.45, 2.75) is 13.8 Å². The van der Waals surface area contributed by atoms with Gasteiger partial charge in [-0.2, -0.15) is 0 Å². The molecule has 10 heteroatoms. The van der Waals surface area contributed by atoms with Crippen molar-refractivity contribution in [3.63, 3.8) is 0 Å². The summed E-state index contributed by atoms with van der Waals surface area (Å²) in [4.78, 5) is 38.8. The summed E-state index contributed by atoms with van der Waals surface area (Å²) in [5.74, 6) is -1.30. The standard InChI is InChI=1S/C27H25ClN4O5/c1-3-36-20-12-10-19(11-13-20)29-25(33)23-16-17-15-18(28)9-14-22(17)32(23)31-27(35)26(34)30-21-7-5-6-8-24(21)37-4-2/h5-16H,3-4H2,1-2H3,(H,29,33)(H,30,34)(H,31,35). The predicted molar refractivity (Wildman–Crippen MR) is 143 cm³/mol. The van der Waals surface area contributed by atoms with Crippen molar-refractivity contribution in [1.29, 1.82) is 0 Å². The average Bonchev–Trinajstić information content (AvgIpc) is 3.24. The second-order valence-corrected chi connectivity index (χ2v) is 8.24. The molecule has 0 aliphatic rings. The highest BCUT2D eigenvalue weighted by molar-refractivity contribution is 6.42. The minimum Gasteiger partial charge on any atom is -0.494 e. The topological polar surface area (TPSA) is 111 Å².